The Hall–Kier alpha value is -2.95. The number of aromatic nitrogens is 3. The lowest BCUT2D eigenvalue weighted by Crippen LogP contribution is -2.27. The van der Waals surface area contributed by atoms with Gasteiger partial charge in [0.05, 0.1) is 0 Å². The summed E-state index contributed by atoms with van der Waals surface area (Å²) >= 11 is 0. The van der Waals surface area contributed by atoms with E-state index in [1.165, 1.54) is 5.56 Å². The Balaban J connectivity index is 1.36. The summed E-state index contributed by atoms with van der Waals surface area (Å²) in [6.45, 7) is 1.27. The molecule has 2 aromatic heterocycles. The number of rotatable bonds is 9. The van der Waals surface area contributed by atoms with E-state index in [1.54, 1.807) is 12.4 Å². The Bertz CT molecular complexity index is 799. The molecule has 1 N–H and O–H groups in total. The van der Waals surface area contributed by atoms with Crippen molar-refractivity contribution in [2.45, 2.75) is 32.2 Å². The van der Waals surface area contributed by atoms with Gasteiger partial charge in [0.25, 0.3) is 0 Å². The highest BCUT2D eigenvalue weighted by atomic mass is 16.1. The van der Waals surface area contributed by atoms with Gasteiger partial charge in [-0.3, -0.25) is 9.78 Å². The number of hydrogen-bond donors (Lipinski definition) is 1. The van der Waals surface area contributed by atoms with Gasteiger partial charge in [-0.25, -0.2) is 4.98 Å². The van der Waals surface area contributed by atoms with Crippen LogP contribution in [0.2, 0.25) is 0 Å². The predicted octanol–water partition coefficient (Wildman–Crippen LogP) is 3.47. The van der Waals surface area contributed by atoms with Gasteiger partial charge < -0.3 is 9.88 Å². The number of amides is 1. The number of imidazole rings is 1. The highest BCUT2D eigenvalue weighted by Gasteiger charge is 2.07. The molecule has 0 saturated heterocycles. The molecule has 0 aliphatic rings. The minimum absolute atomic E-state index is 0.109. The van der Waals surface area contributed by atoms with Crippen molar-refractivity contribution in [3.05, 3.63) is 72.7 Å². The molecule has 0 unspecified atom stereocenters. The zero-order valence-corrected chi connectivity index (χ0v) is 14.8. The molecule has 0 spiro atoms. The van der Waals surface area contributed by atoms with Gasteiger partial charge in [-0.1, -0.05) is 36.4 Å². The van der Waals surface area contributed by atoms with E-state index in [2.05, 4.69) is 39.6 Å². The van der Waals surface area contributed by atoms with Gasteiger partial charge in [-0.05, 0) is 37.0 Å². The summed E-state index contributed by atoms with van der Waals surface area (Å²) in [5, 5.41) is 2.99. The molecule has 2 heterocycles. The molecule has 0 fully saturated rings. The van der Waals surface area contributed by atoms with Gasteiger partial charge in [0.1, 0.15) is 5.69 Å². The van der Waals surface area contributed by atoms with Gasteiger partial charge in [-0.15, -0.1) is 0 Å². The fraction of sp³-hybridized carbons (Fsp3) is 0.286. The minimum atomic E-state index is 0.109. The van der Waals surface area contributed by atoms with Crippen LogP contribution in [0.3, 0.4) is 0 Å². The van der Waals surface area contributed by atoms with E-state index in [0.29, 0.717) is 19.5 Å². The third-order valence-corrected chi connectivity index (χ3v) is 4.25. The van der Waals surface area contributed by atoms with Crippen LogP contribution < -0.4 is 5.32 Å². The van der Waals surface area contributed by atoms with Crippen LogP contribution in [-0.2, 0) is 17.8 Å². The summed E-state index contributed by atoms with van der Waals surface area (Å²) in [6, 6.07) is 16.2. The Kier molecular flexibility index (Phi) is 6.53. The molecule has 26 heavy (non-hydrogen) atoms. The van der Waals surface area contributed by atoms with Crippen molar-refractivity contribution < 1.29 is 4.79 Å². The number of carbonyl (C=O) groups is 1. The van der Waals surface area contributed by atoms with E-state index in [1.807, 2.05) is 35.0 Å². The maximum Gasteiger partial charge on any atom is 0.220 e. The molecule has 0 atom stereocenters. The summed E-state index contributed by atoms with van der Waals surface area (Å²) in [7, 11) is 0. The van der Waals surface area contributed by atoms with Gasteiger partial charge in [-0.2, -0.15) is 0 Å². The lowest BCUT2D eigenvalue weighted by molar-refractivity contribution is -0.121. The molecule has 3 rings (SSSR count). The Labute approximate surface area is 154 Å². The number of nitrogens with zero attached hydrogens (tertiary/aromatic N) is 3. The summed E-state index contributed by atoms with van der Waals surface area (Å²) < 4.78 is 2.01. The van der Waals surface area contributed by atoms with E-state index < -0.39 is 0 Å². The summed E-state index contributed by atoms with van der Waals surface area (Å²) in [4.78, 5) is 20.7. The lowest BCUT2D eigenvalue weighted by atomic mass is 10.1. The molecular weight excluding hydrogens is 324 g/mol. The average Bonchev–Trinajstić information content (AvgIpc) is 3.15. The molecule has 0 aliphatic heterocycles. The largest absolute Gasteiger partial charge is 0.354 e. The van der Waals surface area contributed by atoms with Crippen LogP contribution in [0.5, 0.6) is 0 Å². The van der Waals surface area contributed by atoms with Crippen molar-refractivity contribution in [1.82, 2.24) is 19.9 Å². The normalized spacial score (nSPS) is 10.6. The van der Waals surface area contributed by atoms with Crippen molar-refractivity contribution in [3.8, 4) is 11.5 Å². The lowest BCUT2D eigenvalue weighted by Gasteiger charge is -2.09. The smallest absolute Gasteiger partial charge is 0.220 e. The van der Waals surface area contributed by atoms with Gasteiger partial charge >= 0.3 is 0 Å². The highest BCUT2D eigenvalue weighted by Crippen LogP contribution is 2.13. The van der Waals surface area contributed by atoms with Crippen molar-refractivity contribution >= 4 is 5.91 Å². The Morgan fingerprint density at radius 3 is 2.62 bits per heavy atom. The zero-order chi connectivity index (χ0) is 18.0. The minimum Gasteiger partial charge on any atom is -0.354 e. The maximum absolute atomic E-state index is 12.0. The second-order valence-electron chi connectivity index (χ2n) is 6.20. The van der Waals surface area contributed by atoms with E-state index in [0.717, 1.165) is 30.8 Å². The number of nitrogens with one attached hydrogen (secondary N) is 1. The fourth-order valence-corrected chi connectivity index (χ4v) is 2.88. The van der Waals surface area contributed by atoms with Crippen molar-refractivity contribution in [1.29, 1.82) is 0 Å². The first-order valence-electron chi connectivity index (χ1n) is 9.06. The second kappa shape index (κ2) is 9.51. The van der Waals surface area contributed by atoms with Crippen LogP contribution in [-0.4, -0.2) is 27.0 Å². The second-order valence-corrected chi connectivity index (χ2v) is 6.20. The summed E-state index contributed by atoms with van der Waals surface area (Å²) in [5.74, 6) is 0.931. The molecule has 0 radical (unpaired) electrons. The van der Waals surface area contributed by atoms with Crippen LogP contribution >= 0.6 is 0 Å². The molecule has 134 valence electrons. The van der Waals surface area contributed by atoms with Gasteiger partial charge in [0.15, 0.2) is 5.82 Å². The van der Waals surface area contributed by atoms with E-state index in [9.17, 15) is 4.79 Å². The first-order chi connectivity index (χ1) is 12.8. The SMILES string of the molecule is O=C(CCCCc1ccccc1)NCCn1ccnc1-c1ccccn1. The van der Waals surface area contributed by atoms with Crippen molar-refractivity contribution in [3.63, 3.8) is 0 Å². The topological polar surface area (TPSA) is 59.8 Å². The van der Waals surface area contributed by atoms with E-state index in [-0.39, 0.29) is 5.91 Å². The number of unbranched alkanes of at least 4 members (excludes halogenated alkanes) is 1. The third kappa shape index (κ3) is 5.28. The summed E-state index contributed by atoms with van der Waals surface area (Å²) in [5.41, 5.74) is 2.17. The van der Waals surface area contributed by atoms with Crippen LogP contribution in [0.15, 0.2) is 67.1 Å². The molecule has 0 aliphatic carbocycles. The Morgan fingerprint density at radius 1 is 0.962 bits per heavy atom. The third-order valence-electron chi connectivity index (χ3n) is 4.25. The van der Waals surface area contributed by atoms with Crippen molar-refractivity contribution in [2.24, 2.45) is 0 Å². The molecule has 1 amide bonds. The highest BCUT2D eigenvalue weighted by molar-refractivity contribution is 5.75. The van der Waals surface area contributed by atoms with Crippen LogP contribution in [0.1, 0.15) is 24.8 Å². The number of hydrogen-bond acceptors (Lipinski definition) is 3. The van der Waals surface area contributed by atoms with Gasteiger partial charge in [0.2, 0.25) is 5.91 Å². The molecule has 0 saturated carbocycles. The number of aryl methyl sites for hydroxylation is 1. The monoisotopic (exact) mass is 348 g/mol. The molecule has 0 bridgehead atoms. The number of benzene rings is 1. The fourth-order valence-electron chi connectivity index (χ4n) is 2.88. The predicted molar refractivity (Wildman–Crippen MR) is 102 cm³/mol. The zero-order valence-electron chi connectivity index (χ0n) is 14.8. The van der Waals surface area contributed by atoms with Crippen LogP contribution in [0, 0.1) is 0 Å². The number of pyridine rings is 1. The molecule has 1 aromatic carbocycles. The van der Waals surface area contributed by atoms with Crippen molar-refractivity contribution in [2.75, 3.05) is 6.54 Å². The maximum atomic E-state index is 12.0. The quantitative estimate of drug-likeness (QED) is 0.602. The van der Waals surface area contributed by atoms with Crippen LogP contribution in [0.4, 0.5) is 0 Å². The molecule has 5 nitrogen and oxygen atoms in total. The Morgan fingerprint density at radius 2 is 1.81 bits per heavy atom. The first-order valence-corrected chi connectivity index (χ1v) is 9.06. The van der Waals surface area contributed by atoms with E-state index in [4.69, 9.17) is 0 Å². The number of carbonyl (C=O) groups excluding carboxylic acids is 1. The van der Waals surface area contributed by atoms with E-state index >= 15 is 0 Å². The van der Waals surface area contributed by atoms with Gasteiger partial charge in [0, 0.05) is 38.1 Å². The molecular formula is C21H24N4O. The van der Waals surface area contributed by atoms with Crippen LogP contribution in [0.25, 0.3) is 11.5 Å². The standard InChI is InChI=1S/C21H24N4O/c26-20(12-5-4-10-18-8-2-1-3-9-18)23-14-16-25-17-15-24-21(25)19-11-6-7-13-22-19/h1-3,6-9,11,13,15,17H,4-5,10,12,14,16H2,(H,23,26). The average molecular weight is 348 g/mol. The summed E-state index contributed by atoms with van der Waals surface area (Å²) in [6.07, 6.45) is 8.96. The first kappa shape index (κ1) is 17.9. The molecule has 5 heteroatoms. The molecule has 3 aromatic rings.